The third kappa shape index (κ3) is 2.95. The van der Waals surface area contributed by atoms with Crippen LogP contribution in [0.2, 0.25) is 0 Å². The van der Waals surface area contributed by atoms with Gasteiger partial charge in [-0.15, -0.1) is 22.7 Å². The van der Waals surface area contributed by atoms with Crippen LogP contribution in [0.25, 0.3) is 11.3 Å². The fraction of sp³-hybridized carbons (Fsp3) is 0.200. The highest BCUT2D eigenvalue weighted by Crippen LogP contribution is 2.24. The molecule has 2 aromatic heterocycles. The second-order valence-corrected chi connectivity index (χ2v) is 6.47. The summed E-state index contributed by atoms with van der Waals surface area (Å²) in [5.41, 5.74) is 10.0. The molecule has 0 fully saturated rings. The minimum Gasteiger partial charge on any atom is -0.326 e. The SMILES string of the molecule is Cc1csc(Cc2nc(-c3ccc(CN)cc3)cs2)n1. The Labute approximate surface area is 126 Å². The van der Waals surface area contributed by atoms with Gasteiger partial charge in [-0.25, -0.2) is 9.97 Å². The van der Waals surface area contributed by atoms with E-state index in [9.17, 15) is 0 Å². The Morgan fingerprint density at radius 2 is 1.70 bits per heavy atom. The highest BCUT2D eigenvalue weighted by molar-refractivity contribution is 7.11. The van der Waals surface area contributed by atoms with E-state index in [0.29, 0.717) is 6.54 Å². The van der Waals surface area contributed by atoms with Crippen molar-refractivity contribution in [2.75, 3.05) is 0 Å². The Morgan fingerprint density at radius 3 is 2.35 bits per heavy atom. The number of rotatable bonds is 4. The van der Waals surface area contributed by atoms with Crippen molar-refractivity contribution < 1.29 is 0 Å². The van der Waals surface area contributed by atoms with E-state index in [-0.39, 0.29) is 0 Å². The van der Waals surface area contributed by atoms with Crippen molar-refractivity contribution in [1.29, 1.82) is 0 Å². The van der Waals surface area contributed by atoms with Gasteiger partial charge in [-0.3, -0.25) is 0 Å². The number of benzene rings is 1. The Morgan fingerprint density at radius 1 is 1.00 bits per heavy atom. The van der Waals surface area contributed by atoms with Crippen molar-refractivity contribution in [3.8, 4) is 11.3 Å². The van der Waals surface area contributed by atoms with Crippen LogP contribution in [-0.2, 0) is 13.0 Å². The van der Waals surface area contributed by atoms with Crippen LogP contribution >= 0.6 is 22.7 Å². The van der Waals surface area contributed by atoms with E-state index in [0.717, 1.165) is 39.0 Å². The zero-order valence-electron chi connectivity index (χ0n) is 11.2. The maximum absolute atomic E-state index is 5.61. The molecule has 102 valence electrons. The molecule has 0 atom stereocenters. The minimum atomic E-state index is 0.575. The normalized spacial score (nSPS) is 10.9. The summed E-state index contributed by atoms with van der Waals surface area (Å²) in [5, 5.41) is 6.42. The lowest BCUT2D eigenvalue weighted by atomic mass is 10.1. The Hall–Kier alpha value is -1.56. The molecule has 0 aliphatic heterocycles. The standard InChI is InChI=1S/C15H15N3S2/c1-10-8-19-14(17-10)6-15-18-13(9-20-15)12-4-2-11(7-16)3-5-12/h2-5,8-9H,6-7,16H2,1H3. The van der Waals surface area contributed by atoms with Gasteiger partial charge in [0.05, 0.1) is 17.1 Å². The summed E-state index contributed by atoms with van der Waals surface area (Å²) in [7, 11) is 0. The lowest BCUT2D eigenvalue weighted by Gasteiger charge is -1.99. The second-order valence-electron chi connectivity index (χ2n) is 4.59. The lowest BCUT2D eigenvalue weighted by molar-refractivity contribution is 1.07. The summed E-state index contributed by atoms with van der Waals surface area (Å²) in [4.78, 5) is 9.18. The predicted molar refractivity (Wildman–Crippen MR) is 85.1 cm³/mol. The average Bonchev–Trinajstić information content (AvgIpc) is 3.09. The van der Waals surface area contributed by atoms with Crippen LogP contribution in [0.3, 0.4) is 0 Å². The smallest absolute Gasteiger partial charge is 0.100 e. The van der Waals surface area contributed by atoms with E-state index in [2.05, 4.69) is 40.0 Å². The first-order valence-electron chi connectivity index (χ1n) is 6.39. The van der Waals surface area contributed by atoms with E-state index >= 15 is 0 Å². The fourth-order valence-electron chi connectivity index (χ4n) is 1.95. The molecular weight excluding hydrogens is 286 g/mol. The Kier molecular flexibility index (Phi) is 3.91. The van der Waals surface area contributed by atoms with Crippen LogP contribution in [0.4, 0.5) is 0 Å². The van der Waals surface area contributed by atoms with E-state index in [4.69, 9.17) is 10.7 Å². The summed E-state index contributed by atoms with van der Waals surface area (Å²) in [5.74, 6) is 0. The van der Waals surface area contributed by atoms with Crippen molar-refractivity contribution in [2.24, 2.45) is 5.73 Å². The van der Waals surface area contributed by atoms with Crippen molar-refractivity contribution in [3.63, 3.8) is 0 Å². The van der Waals surface area contributed by atoms with Crippen LogP contribution in [0.1, 0.15) is 21.3 Å². The fourth-order valence-corrected chi connectivity index (χ4v) is 3.62. The van der Waals surface area contributed by atoms with E-state index in [1.807, 2.05) is 6.92 Å². The summed E-state index contributed by atoms with van der Waals surface area (Å²) in [6.07, 6.45) is 0.823. The van der Waals surface area contributed by atoms with Crippen molar-refractivity contribution in [3.05, 3.63) is 56.3 Å². The molecule has 0 saturated carbocycles. The third-order valence-corrected chi connectivity index (χ3v) is 4.82. The van der Waals surface area contributed by atoms with Crippen LogP contribution in [-0.4, -0.2) is 9.97 Å². The molecule has 5 heteroatoms. The van der Waals surface area contributed by atoms with Gasteiger partial charge in [0.15, 0.2) is 0 Å². The van der Waals surface area contributed by atoms with Gasteiger partial charge in [-0.2, -0.15) is 0 Å². The van der Waals surface area contributed by atoms with E-state index in [1.54, 1.807) is 22.7 Å². The van der Waals surface area contributed by atoms with Crippen molar-refractivity contribution >= 4 is 22.7 Å². The van der Waals surface area contributed by atoms with Gasteiger partial charge >= 0.3 is 0 Å². The molecule has 3 nitrogen and oxygen atoms in total. The first-order chi connectivity index (χ1) is 9.74. The molecule has 0 spiro atoms. The lowest BCUT2D eigenvalue weighted by Crippen LogP contribution is -1.95. The predicted octanol–water partition coefficient (Wildman–Crippen LogP) is 3.62. The molecule has 0 saturated heterocycles. The Balaban J connectivity index is 1.78. The highest BCUT2D eigenvalue weighted by Gasteiger charge is 2.07. The minimum absolute atomic E-state index is 0.575. The molecule has 20 heavy (non-hydrogen) atoms. The number of hydrogen-bond acceptors (Lipinski definition) is 5. The zero-order valence-corrected chi connectivity index (χ0v) is 12.8. The monoisotopic (exact) mass is 301 g/mol. The van der Waals surface area contributed by atoms with E-state index in [1.165, 1.54) is 0 Å². The largest absolute Gasteiger partial charge is 0.326 e. The van der Waals surface area contributed by atoms with Crippen molar-refractivity contribution in [1.82, 2.24) is 9.97 Å². The maximum atomic E-state index is 5.61. The van der Waals surface area contributed by atoms with Crippen LogP contribution in [0.5, 0.6) is 0 Å². The number of thiazole rings is 2. The van der Waals surface area contributed by atoms with Gasteiger partial charge < -0.3 is 5.73 Å². The molecular formula is C15H15N3S2. The second kappa shape index (κ2) is 5.83. The summed E-state index contributed by atoms with van der Waals surface area (Å²) < 4.78 is 0. The van der Waals surface area contributed by atoms with E-state index < -0.39 is 0 Å². The van der Waals surface area contributed by atoms with Crippen LogP contribution < -0.4 is 5.73 Å². The van der Waals surface area contributed by atoms with Gasteiger partial charge in [-0.1, -0.05) is 24.3 Å². The van der Waals surface area contributed by atoms with Crippen LogP contribution in [0.15, 0.2) is 35.0 Å². The van der Waals surface area contributed by atoms with Gasteiger partial charge in [0.2, 0.25) is 0 Å². The number of nitrogens with zero attached hydrogens (tertiary/aromatic N) is 2. The summed E-state index contributed by atoms with van der Waals surface area (Å²) in [6.45, 7) is 2.60. The topological polar surface area (TPSA) is 51.8 Å². The third-order valence-electron chi connectivity index (χ3n) is 3.01. The van der Waals surface area contributed by atoms with Gasteiger partial charge in [0, 0.05) is 28.6 Å². The molecule has 2 N–H and O–H groups in total. The molecule has 0 amide bonds. The molecule has 3 rings (SSSR count). The molecule has 0 radical (unpaired) electrons. The number of hydrogen-bond donors (Lipinski definition) is 1. The Bertz CT molecular complexity index is 698. The van der Waals surface area contributed by atoms with Crippen molar-refractivity contribution in [2.45, 2.75) is 19.9 Å². The van der Waals surface area contributed by atoms with Gasteiger partial charge in [-0.05, 0) is 12.5 Å². The van der Waals surface area contributed by atoms with Gasteiger partial charge in [0.1, 0.15) is 5.01 Å². The molecule has 2 heterocycles. The van der Waals surface area contributed by atoms with Gasteiger partial charge in [0.25, 0.3) is 0 Å². The maximum Gasteiger partial charge on any atom is 0.100 e. The first-order valence-corrected chi connectivity index (χ1v) is 8.15. The first kappa shape index (κ1) is 13.4. The molecule has 1 aromatic carbocycles. The zero-order chi connectivity index (χ0) is 13.9. The molecule has 0 aliphatic carbocycles. The summed E-state index contributed by atoms with van der Waals surface area (Å²) in [6, 6.07) is 8.26. The number of aromatic nitrogens is 2. The quantitative estimate of drug-likeness (QED) is 0.800. The molecule has 0 aliphatic rings. The van der Waals surface area contributed by atoms with Crippen LogP contribution in [0, 0.1) is 6.92 Å². The summed E-state index contributed by atoms with van der Waals surface area (Å²) >= 11 is 3.39. The average molecular weight is 301 g/mol. The number of aryl methyl sites for hydroxylation is 1. The number of nitrogens with two attached hydrogens (primary N) is 1. The molecule has 3 aromatic rings. The molecule has 0 unspecified atom stereocenters. The molecule has 0 bridgehead atoms. The highest BCUT2D eigenvalue weighted by atomic mass is 32.1.